The second-order valence-electron chi connectivity index (χ2n) is 5.32. The number of hydrogen-bond acceptors (Lipinski definition) is 4. The summed E-state index contributed by atoms with van der Waals surface area (Å²) in [6.45, 7) is 3.36. The quantitative estimate of drug-likeness (QED) is 0.666. The summed E-state index contributed by atoms with van der Waals surface area (Å²) in [5.74, 6) is -0.578. The number of nitrogens with zero attached hydrogens (tertiary/aromatic N) is 1. The maximum absolute atomic E-state index is 12.3. The molecule has 0 aromatic heterocycles. The molecule has 2 aromatic rings. The first-order valence-electron chi connectivity index (χ1n) is 7.22. The maximum atomic E-state index is 12.3. The van der Waals surface area contributed by atoms with E-state index in [4.69, 9.17) is 0 Å². The largest absolute Gasteiger partial charge is 0.355 e. The predicted octanol–water partition coefficient (Wildman–Crippen LogP) is 2.82. The number of nitrogens with one attached hydrogen (secondary N) is 2. The Hall–Kier alpha value is -3.22. The first-order chi connectivity index (χ1) is 11.3. The summed E-state index contributed by atoms with van der Waals surface area (Å²) >= 11 is 0. The molecule has 0 saturated heterocycles. The Kier molecular flexibility index (Phi) is 4.93. The number of aryl methyl sites for hydroxylation is 2. The molecular formula is C17H17N3O4. The van der Waals surface area contributed by atoms with Gasteiger partial charge in [0.05, 0.1) is 4.92 Å². The highest BCUT2D eigenvalue weighted by molar-refractivity contribution is 6.05. The van der Waals surface area contributed by atoms with Crippen molar-refractivity contribution < 1.29 is 14.5 Å². The van der Waals surface area contributed by atoms with E-state index in [0.717, 1.165) is 5.56 Å². The lowest BCUT2D eigenvalue weighted by atomic mass is 10.1. The lowest BCUT2D eigenvalue weighted by Gasteiger charge is -2.10. The number of hydrogen-bond donors (Lipinski definition) is 2. The van der Waals surface area contributed by atoms with Crippen LogP contribution in [-0.4, -0.2) is 23.8 Å². The third-order valence-electron chi connectivity index (χ3n) is 3.62. The van der Waals surface area contributed by atoms with E-state index in [1.807, 2.05) is 0 Å². The molecule has 2 N–H and O–H groups in total. The molecule has 2 aromatic carbocycles. The van der Waals surface area contributed by atoms with Crippen LogP contribution in [0.1, 0.15) is 31.8 Å². The predicted molar refractivity (Wildman–Crippen MR) is 90.4 cm³/mol. The van der Waals surface area contributed by atoms with Gasteiger partial charge in [0.25, 0.3) is 17.5 Å². The molecule has 2 amide bonds. The van der Waals surface area contributed by atoms with Crippen LogP contribution in [0.15, 0.2) is 36.4 Å². The topological polar surface area (TPSA) is 101 Å². The van der Waals surface area contributed by atoms with Crippen LogP contribution >= 0.6 is 0 Å². The minimum Gasteiger partial charge on any atom is -0.355 e. The van der Waals surface area contributed by atoms with Crippen molar-refractivity contribution in [3.05, 3.63) is 68.8 Å². The van der Waals surface area contributed by atoms with E-state index in [9.17, 15) is 19.7 Å². The van der Waals surface area contributed by atoms with Gasteiger partial charge in [-0.25, -0.2) is 0 Å². The summed E-state index contributed by atoms with van der Waals surface area (Å²) < 4.78 is 0. The summed E-state index contributed by atoms with van der Waals surface area (Å²) in [6, 6.07) is 9.14. The Morgan fingerprint density at radius 2 is 1.54 bits per heavy atom. The van der Waals surface area contributed by atoms with E-state index < -0.39 is 4.92 Å². The number of nitro groups is 1. The van der Waals surface area contributed by atoms with Crippen molar-refractivity contribution in [2.75, 3.05) is 12.4 Å². The van der Waals surface area contributed by atoms with E-state index in [1.165, 1.54) is 18.2 Å². The highest BCUT2D eigenvalue weighted by Gasteiger charge is 2.15. The molecule has 0 unspecified atom stereocenters. The van der Waals surface area contributed by atoms with Crippen molar-refractivity contribution >= 4 is 23.2 Å². The van der Waals surface area contributed by atoms with Gasteiger partial charge in [0.2, 0.25) is 0 Å². The fraction of sp³-hybridized carbons (Fsp3) is 0.176. The Morgan fingerprint density at radius 3 is 2.08 bits per heavy atom. The molecule has 2 rings (SSSR count). The number of amides is 2. The Morgan fingerprint density at radius 1 is 0.958 bits per heavy atom. The number of rotatable bonds is 4. The number of benzene rings is 2. The average Bonchev–Trinajstić information content (AvgIpc) is 2.55. The lowest BCUT2D eigenvalue weighted by Crippen LogP contribution is -2.18. The van der Waals surface area contributed by atoms with Gasteiger partial charge in [-0.3, -0.25) is 19.7 Å². The fourth-order valence-electron chi connectivity index (χ4n) is 2.29. The van der Waals surface area contributed by atoms with Gasteiger partial charge in [0, 0.05) is 35.5 Å². The Balaban J connectivity index is 2.22. The third kappa shape index (κ3) is 3.57. The number of carbonyl (C=O) groups is 2. The van der Waals surface area contributed by atoms with E-state index in [2.05, 4.69) is 10.6 Å². The third-order valence-corrected chi connectivity index (χ3v) is 3.62. The molecule has 7 heteroatoms. The Labute approximate surface area is 138 Å². The van der Waals surface area contributed by atoms with Crippen molar-refractivity contribution in [3.63, 3.8) is 0 Å². The SMILES string of the molecule is CNC(=O)c1ccc(NC(=O)c2ccc([N+](=O)[O-])c(C)c2)c(C)c1. The van der Waals surface area contributed by atoms with Gasteiger partial charge in [-0.05, 0) is 49.7 Å². The monoisotopic (exact) mass is 327 g/mol. The molecule has 24 heavy (non-hydrogen) atoms. The van der Waals surface area contributed by atoms with E-state index in [0.29, 0.717) is 22.4 Å². The molecule has 0 aliphatic rings. The van der Waals surface area contributed by atoms with Crippen LogP contribution < -0.4 is 10.6 Å². The van der Waals surface area contributed by atoms with Gasteiger partial charge in [0.1, 0.15) is 0 Å². The summed E-state index contributed by atoms with van der Waals surface area (Å²) in [6.07, 6.45) is 0. The van der Waals surface area contributed by atoms with Gasteiger partial charge in [-0.15, -0.1) is 0 Å². The molecule has 0 heterocycles. The summed E-state index contributed by atoms with van der Waals surface area (Å²) in [5, 5.41) is 16.1. The van der Waals surface area contributed by atoms with E-state index >= 15 is 0 Å². The average molecular weight is 327 g/mol. The minimum atomic E-state index is -0.487. The molecule has 0 bridgehead atoms. The first-order valence-corrected chi connectivity index (χ1v) is 7.22. The van der Waals surface area contributed by atoms with Crippen molar-refractivity contribution in [1.29, 1.82) is 0 Å². The fourth-order valence-corrected chi connectivity index (χ4v) is 2.29. The standard InChI is InChI=1S/C17H17N3O4/c1-10-8-12(16(21)18-3)4-6-14(10)19-17(22)13-5-7-15(20(23)24)11(2)9-13/h4-9H,1-3H3,(H,18,21)(H,19,22). The minimum absolute atomic E-state index is 0.0299. The molecule has 0 aliphatic heterocycles. The van der Waals surface area contributed by atoms with Crippen LogP contribution in [0.2, 0.25) is 0 Å². The van der Waals surface area contributed by atoms with Crippen LogP contribution in [0.25, 0.3) is 0 Å². The maximum Gasteiger partial charge on any atom is 0.272 e. The van der Waals surface area contributed by atoms with Crippen LogP contribution in [0.4, 0.5) is 11.4 Å². The van der Waals surface area contributed by atoms with Gasteiger partial charge < -0.3 is 10.6 Å². The molecule has 7 nitrogen and oxygen atoms in total. The van der Waals surface area contributed by atoms with E-state index in [-0.39, 0.29) is 17.5 Å². The molecular weight excluding hydrogens is 310 g/mol. The molecule has 0 atom stereocenters. The van der Waals surface area contributed by atoms with Crippen LogP contribution in [-0.2, 0) is 0 Å². The van der Waals surface area contributed by atoms with Crippen molar-refractivity contribution in [2.24, 2.45) is 0 Å². The molecule has 124 valence electrons. The summed E-state index contributed by atoms with van der Waals surface area (Å²) in [7, 11) is 1.55. The highest BCUT2D eigenvalue weighted by Crippen LogP contribution is 2.21. The molecule has 0 spiro atoms. The number of anilines is 1. The van der Waals surface area contributed by atoms with E-state index in [1.54, 1.807) is 39.1 Å². The van der Waals surface area contributed by atoms with Crippen molar-refractivity contribution in [2.45, 2.75) is 13.8 Å². The smallest absolute Gasteiger partial charge is 0.272 e. The van der Waals surface area contributed by atoms with Gasteiger partial charge >= 0.3 is 0 Å². The lowest BCUT2D eigenvalue weighted by molar-refractivity contribution is -0.385. The Bertz CT molecular complexity index is 831. The molecule has 0 radical (unpaired) electrons. The zero-order valence-electron chi connectivity index (χ0n) is 13.5. The van der Waals surface area contributed by atoms with Crippen LogP contribution in [0, 0.1) is 24.0 Å². The van der Waals surface area contributed by atoms with Gasteiger partial charge in [-0.1, -0.05) is 0 Å². The highest BCUT2D eigenvalue weighted by atomic mass is 16.6. The summed E-state index contributed by atoms with van der Waals surface area (Å²) in [5.41, 5.74) is 2.52. The zero-order valence-corrected chi connectivity index (χ0v) is 13.5. The molecule has 0 aliphatic carbocycles. The van der Waals surface area contributed by atoms with Gasteiger partial charge in [-0.2, -0.15) is 0 Å². The van der Waals surface area contributed by atoms with Crippen LogP contribution in [0.5, 0.6) is 0 Å². The second kappa shape index (κ2) is 6.91. The van der Waals surface area contributed by atoms with Crippen LogP contribution in [0.3, 0.4) is 0 Å². The zero-order chi connectivity index (χ0) is 17.9. The second-order valence-corrected chi connectivity index (χ2v) is 5.32. The number of carbonyl (C=O) groups excluding carboxylic acids is 2. The normalized spacial score (nSPS) is 10.1. The van der Waals surface area contributed by atoms with Crippen molar-refractivity contribution in [1.82, 2.24) is 5.32 Å². The molecule has 0 fully saturated rings. The molecule has 0 saturated carbocycles. The first kappa shape index (κ1) is 17.1. The summed E-state index contributed by atoms with van der Waals surface area (Å²) in [4.78, 5) is 34.2. The van der Waals surface area contributed by atoms with Crippen molar-refractivity contribution in [3.8, 4) is 0 Å². The van der Waals surface area contributed by atoms with Gasteiger partial charge in [0.15, 0.2) is 0 Å². The number of nitro benzene ring substituents is 1.